The molecule has 0 N–H and O–H groups in total. The highest BCUT2D eigenvalue weighted by Gasteiger charge is 2.24. The molecule has 7 heteroatoms. The molecule has 0 aromatic carbocycles. The largest absolute Gasteiger partial charge is 0.465 e. The van der Waals surface area contributed by atoms with Gasteiger partial charge in [0.25, 0.3) is 10.1 Å². The van der Waals surface area contributed by atoms with E-state index in [0.29, 0.717) is 4.88 Å². The molecule has 0 amide bonds. The van der Waals surface area contributed by atoms with E-state index in [-0.39, 0.29) is 18.5 Å². The third kappa shape index (κ3) is 3.77. The normalized spacial score (nSPS) is 18.9. The number of carbonyl (C=O) groups is 1. The fraction of sp³-hybridized carbons (Fsp3) is 0.583. The monoisotopic (exact) mass is 304 g/mol. The number of rotatable bonds is 4. The molecule has 106 valence electrons. The van der Waals surface area contributed by atoms with Gasteiger partial charge in [-0.15, -0.1) is 11.3 Å². The summed E-state index contributed by atoms with van der Waals surface area (Å²) in [5.74, 6) is -0.130. The Morgan fingerprint density at radius 2 is 2.26 bits per heavy atom. The molecule has 1 atom stereocenters. The van der Waals surface area contributed by atoms with E-state index in [4.69, 9.17) is 8.92 Å². The van der Waals surface area contributed by atoms with Crippen LogP contribution in [0.2, 0.25) is 0 Å². The van der Waals surface area contributed by atoms with Crippen LogP contribution in [0.4, 0.5) is 0 Å². The average Bonchev–Trinajstić information content (AvgIpc) is 2.77. The second kappa shape index (κ2) is 5.60. The summed E-state index contributed by atoms with van der Waals surface area (Å²) in [5, 5.41) is 0. The van der Waals surface area contributed by atoms with Crippen molar-refractivity contribution in [2.75, 3.05) is 20.0 Å². The van der Waals surface area contributed by atoms with Crippen LogP contribution in [0, 0.1) is 5.92 Å². The molecule has 1 aliphatic carbocycles. The van der Waals surface area contributed by atoms with Gasteiger partial charge in [0.05, 0.1) is 20.0 Å². The van der Waals surface area contributed by atoms with Crippen molar-refractivity contribution in [2.45, 2.75) is 19.3 Å². The van der Waals surface area contributed by atoms with Crippen LogP contribution < -0.4 is 0 Å². The number of carbonyl (C=O) groups excluding carboxylic acids is 1. The fourth-order valence-corrected chi connectivity index (χ4v) is 3.82. The standard InChI is InChI=1S/C12H16O5S2/c1-16-12(13)11-6-9-4-3-8(5-10(9)18-11)7-17-19(2,14)15/h6,8H,3-5,7H2,1-2H3. The average molecular weight is 304 g/mol. The molecule has 1 aromatic heterocycles. The summed E-state index contributed by atoms with van der Waals surface area (Å²) in [6.07, 6.45) is 3.54. The summed E-state index contributed by atoms with van der Waals surface area (Å²) >= 11 is 1.43. The highest BCUT2D eigenvalue weighted by Crippen LogP contribution is 2.33. The molecule has 2 rings (SSSR count). The Hall–Kier alpha value is -0.920. The van der Waals surface area contributed by atoms with Crippen molar-refractivity contribution in [3.63, 3.8) is 0 Å². The number of thiophene rings is 1. The van der Waals surface area contributed by atoms with Crippen molar-refractivity contribution < 1.29 is 22.1 Å². The zero-order valence-electron chi connectivity index (χ0n) is 10.8. The molecule has 5 nitrogen and oxygen atoms in total. The number of fused-ring (bicyclic) bond motifs is 1. The maximum Gasteiger partial charge on any atom is 0.348 e. The van der Waals surface area contributed by atoms with Crippen molar-refractivity contribution in [1.82, 2.24) is 0 Å². The number of esters is 1. The van der Waals surface area contributed by atoms with Gasteiger partial charge in [0, 0.05) is 4.88 Å². The highest BCUT2D eigenvalue weighted by atomic mass is 32.2. The van der Waals surface area contributed by atoms with Gasteiger partial charge in [0.15, 0.2) is 0 Å². The summed E-state index contributed by atoms with van der Waals surface area (Å²) in [5.41, 5.74) is 1.17. The molecule has 1 aliphatic rings. The predicted octanol–water partition coefficient (Wildman–Crippen LogP) is 1.62. The van der Waals surface area contributed by atoms with Crippen molar-refractivity contribution in [1.29, 1.82) is 0 Å². The Balaban J connectivity index is 2.03. The van der Waals surface area contributed by atoms with Crippen LogP contribution in [-0.2, 0) is 31.9 Å². The Labute approximate surface area is 116 Å². The molecule has 1 unspecified atom stereocenters. The van der Waals surface area contributed by atoms with Crippen molar-refractivity contribution in [3.8, 4) is 0 Å². The molecular weight excluding hydrogens is 288 g/mol. The van der Waals surface area contributed by atoms with Crippen LogP contribution in [0.15, 0.2) is 6.07 Å². The summed E-state index contributed by atoms with van der Waals surface area (Å²) in [4.78, 5) is 13.2. The first-order valence-electron chi connectivity index (χ1n) is 5.93. The van der Waals surface area contributed by atoms with E-state index < -0.39 is 10.1 Å². The minimum absolute atomic E-state index is 0.186. The molecule has 0 saturated carbocycles. The lowest BCUT2D eigenvalue weighted by Gasteiger charge is -2.21. The lowest BCUT2D eigenvalue weighted by molar-refractivity contribution is 0.0606. The van der Waals surface area contributed by atoms with E-state index in [0.717, 1.165) is 30.4 Å². The number of hydrogen-bond donors (Lipinski definition) is 0. The van der Waals surface area contributed by atoms with Gasteiger partial charge < -0.3 is 4.74 Å². The maximum absolute atomic E-state index is 11.5. The van der Waals surface area contributed by atoms with E-state index >= 15 is 0 Å². The molecule has 1 aromatic rings. The SMILES string of the molecule is COC(=O)c1cc2c(s1)CC(COS(C)(=O)=O)CC2. The molecule has 1 heterocycles. The summed E-state index contributed by atoms with van der Waals surface area (Å²) in [6.45, 7) is 0.212. The summed E-state index contributed by atoms with van der Waals surface area (Å²) in [6, 6.07) is 1.87. The zero-order chi connectivity index (χ0) is 14.0. The molecular formula is C12H16O5S2. The van der Waals surface area contributed by atoms with Gasteiger partial charge in [0.2, 0.25) is 0 Å². The third-order valence-electron chi connectivity index (χ3n) is 3.10. The van der Waals surface area contributed by atoms with Gasteiger partial charge in [-0.2, -0.15) is 8.42 Å². The first kappa shape index (κ1) is 14.5. The first-order chi connectivity index (χ1) is 8.89. The first-order valence-corrected chi connectivity index (χ1v) is 8.56. The molecule has 0 bridgehead atoms. The lowest BCUT2D eigenvalue weighted by atomic mass is 9.89. The van der Waals surface area contributed by atoms with Crippen LogP contribution in [0.5, 0.6) is 0 Å². The minimum atomic E-state index is -3.38. The van der Waals surface area contributed by atoms with E-state index in [9.17, 15) is 13.2 Å². The number of aryl methyl sites for hydroxylation is 1. The Kier molecular flexibility index (Phi) is 4.27. The predicted molar refractivity (Wildman–Crippen MR) is 72.0 cm³/mol. The second-order valence-corrected chi connectivity index (χ2v) is 7.43. The number of hydrogen-bond acceptors (Lipinski definition) is 6. The number of ether oxygens (including phenoxy) is 1. The maximum atomic E-state index is 11.5. The Morgan fingerprint density at radius 3 is 2.89 bits per heavy atom. The molecule has 0 spiro atoms. The molecule has 19 heavy (non-hydrogen) atoms. The van der Waals surface area contributed by atoms with Crippen LogP contribution >= 0.6 is 11.3 Å². The van der Waals surface area contributed by atoms with Crippen LogP contribution in [0.25, 0.3) is 0 Å². The van der Waals surface area contributed by atoms with Gasteiger partial charge in [-0.1, -0.05) is 0 Å². The summed E-state index contributed by atoms with van der Waals surface area (Å²) < 4.78 is 31.5. The molecule has 0 radical (unpaired) electrons. The van der Waals surface area contributed by atoms with Gasteiger partial charge in [0.1, 0.15) is 4.88 Å². The highest BCUT2D eigenvalue weighted by molar-refractivity contribution is 7.85. The minimum Gasteiger partial charge on any atom is -0.465 e. The van der Waals surface area contributed by atoms with Crippen LogP contribution in [-0.4, -0.2) is 34.4 Å². The van der Waals surface area contributed by atoms with Crippen molar-refractivity contribution in [2.24, 2.45) is 5.92 Å². The van der Waals surface area contributed by atoms with Crippen LogP contribution in [0.1, 0.15) is 26.5 Å². The quantitative estimate of drug-likeness (QED) is 0.624. The zero-order valence-corrected chi connectivity index (χ0v) is 12.5. The second-order valence-electron chi connectivity index (χ2n) is 4.65. The van der Waals surface area contributed by atoms with E-state index in [1.807, 2.05) is 6.07 Å². The molecule has 0 saturated heterocycles. The summed E-state index contributed by atoms with van der Waals surface area (Å²) in [7, 11) is -2.02. The van der Waals surface area contributed by atoms with E-state index in [1.54, 1.807) is 0 Å². The van der Waals surface area contributed by atoms with Crippen molar-refractivity contribution in [3.05, 3.63) is 21.4 Å². The van der Waals surface area contributed by atoms with Gasteiger partial charge in [-0.05, 0) is 36.8 Å². The smallest absolute Gasteiger partial charge is 0.348 e. The van der Waals surface area contributed by atoms with E-state index in [2.05, 4.69) is 0 Å². The lowest BCUT2D eigenvalue weighted by Crippen LogP contribution is -2.19. The topological polar surface area (TPSA) is 69.7 Å². The Bertz CT molecular complexity index is 573. The molecule has 0 fully saturated rings. The van der Waals surface area contributed by atoms with Crippen molar-refractivity contribution >= 4 is 27.4 Å². The van der Waals surface area contributed by atoms with Crippen LogP contribution in [0.3, 0.4) is 0 Å². The number of methoxy groups -OCH3 is 1. The van der Waals surface area contributed by atoms with Gasteiger partial charge in [-0.3, -0.25) is 4.18 Å². The Morgan fingerprint density at radius 1 is 1.53 bits per heavy atom. The van der Waals surface area contributed by atoms with Gasteiger partial charge >= 0.3 is 5.97 Å². The van der Waals surface area contributed by atoms with Gasteiger partial charge in [-0.25, -0.2) is 4.79 Å². The molecule has 0 aliphatic heterocycles. The van der Waals surface area contributed by atoms with E-state index in [1.165, 1.54) is 24.0 Å². The third-order valence-corrected chi connectivity index (χ3v) is 4.84. The fourth-order valence-electron chi connectivity index (χ4n) is 2.14.